The number of hydrogen-bond acceptors (Lipinski definition) is 5. The molecule has 0 saturated carbocycles. The molecule has 0 unspecified atom stereocenters. The van der Waals surface area contributed by atoms with Gasteiger partial charge in [-0.2, -0.15) is 0 Å². The van der Waals surface area contributed by atoms with E-state index < -0.39 is 23.4 Å². The van der Waals surface area contributed by atoms with Crippen LogP contribution in [0.3, 0.4) is 0 Å². The molecule has 6 nitrogen and oxygen atoms in total. The smallest absolute Gasteiger partial charge is 0.343 e. The summed E-state index contributed by atoms with van der Waals surface area (Å²) >= 11 is 0. The van der Waals surface area contributed by atoms with Gasteiger partial charge in [0.05, 0.1) is 13.2 Å². The third-order valence-electron chi connectivity index (χ3n) is 4.70. The molecule has 0 aliphatic heterocycles. The van der Waals surface area contributed by atoms with Crippen LogP contribution in [-0.2, 0) is 23.9 Å². The second kappa shape index (κ2) is 17.0. The van der Waals surface area contributed by atoms with Gasteiger partial charge in [-0.15, -0.1) is 0 Å². The summed E-state index contributed by atoms with van der Waals surface area (Å²) in [7, 11) is 0. The third-order valence-corrected chi connectivity index (χ3v) is 4.70. The Balaban J connectivity index is 4.52. The molecule has 0 rings (SSSR count). The second-order valence-corrected chi connectivity index (χ2v) is 7.30. The normalized spacial score (nSPS) is 11.4. The fraction of sp³-hybridized carbons (Fsp3) is 0.783. The standard InChI is InChI=1S/C23H41NO5/c1-5-8-9-10-11-12-13-14-15-16-17-18-19-23(24-20(4)25,21(26)28-6-2)22(27)29-7-3/h15-16H,5-14,17-19H2,1-4H3,(H,24,25). The first-order chi connectivity index (χ1) is 13.9. The van der Waals surface area contributed by atoms with Crippen LogP contribution in [0.25, 0.3) is 0 Å². The van der Waals surface area contributed by atoms with Crippen LogP contribution >= 0.6 is 0 Å². The van der Waals surface area contributed by atoms with Gasteiger partial charge in [-0.1, -0.05) is 57.6 Å². The van der Waals surface area contributed by atoms with E-state index in [2.05, 4.69) is 24.4 Å². The van der Waals surface area contributed by atoms with Crippen molar-refractivity contribution in [2.24, 2.45) is 0 Å². The van der Waals surface area contributed by atoms with Gasteiger partial charge >= 0.3 is 11.9 Å². The van der Waals surface area contributed by atoms with Gasteiger partial charge in [-0.25, -0.2) is 9.59 Å². The van der Waals surface area contributed by atoms with Gasteiger partial charge in [0.2, 0.25) is 11.4 Å². The lowest BCUT2D eigenvalue weighted by Crippen LogP contribution is -2.61. The molecule has 0 aromatic rings. The predicted molar refractivity (Wildman–Crippen MR) is 115 cm³/mol. The highest BCUT2D eigenvalue weighted by atomic mass is 16.6. The van der Waals surface area contributed by atoms with Crippen molar-refractivity contribution in [3.8, 4) is 0 Å². The molecule has 29 heavy (non-hydrogen) atoms. The maximum absolute atomic E-state index is 12.5. The molecular formula is C23H41NO5. The monoisotopic (exact) mass is 411 g/mol. The Bertz CT molecular complexity index is 483. The molecule has 0 spiro atoms. The van der Waals surface area contributed by atoms with Gasteiger partial charge in [0.15, 0.2) is 0 Å². The Kier molecular flexibility index (Phi) is 16.0. The highest BCUT2D eigenvalue weighted by molar-refractivity contribution is 6.07. The molecule has 6 heteroatoms. The van der Waals surface area contributed by atoms with E-state index >= 15 is 0 Å². The molecular weight excluding hydrogens is 370 g/mol. The largest absolute Gasteiger partial charge is 0.464 e. The highest BCUT2D eigenvalue weighted by Crippen LogP contribution is 2.20. The van der Waals surface area contributed by atoms with Crippen molar-refractivity contribution in [1.29, 1.82) is 0 Å². The van der Waals surface area contributed by atoms with Crippen LogP contribution in [0.15, 0.2) is 12.2 Å². The number of carbonyl (C=O) groups is 3. The van der Waals surface area contributed by atoms with E-state index in [1.807, 2.05) is 0 Å². The number of carbonyl (C=O) groups excluding carboxylic acids is 3. The van der Waals surface area contributed by atoms with Crippen molar-refractivity contribution in [3.63, 3.8) is 0 Å². The summed E-state index contributed by atoms with van der Waals surface area (Å²) in [6, 6.07) is 0. The van der Waals surface area contributed by atoms with Gasteiger partial charge in [-0.3, -0.25) is 4.79 Å². The van der Waals surface area contributed by atoms with Gasteiger partial charge in [0, 0.05) is 6.92 Å². The molecule has 0 fully saturated rings. The van der Waals surface area contributed by atoms with Crippen molar-refractivity contribution in [3.05, 3.63) is 12.2 Å². The topological polar surface area (TPSA) is 81.7 Å². The Morgan fingerprint density at radius 3 is 1.72 bits per heavy atom. The average molecular weight is 412 g/mol. The molecule has 0 aliphatic carbocycles. The van der Waals surface area contributed by atoms with E-state index in [1.165, 1.54) is 51.9 Å². The molecule has 0 heterocycles. The zero-order valence-corrected chi connectivity index (χ0v) is 18.9. The second-order valence-electron chi connectivity index (χ2n) is 7.30. The SMILES string of the molecule is CCCCCCCCCC=CCCCC(NC(C)=O)(C(=O)OCC)C(=O)OCC. The lowest BCUT2D eigenvalue weighted by atomic mass is 9.92. The zero-order valence-electron chi connectivity index (χ0n) is 18.9. The maximum atomic E-state index is 12.5. The van der Waals surface area contributed by atoms with Crippen LogP contribution in [0.1, 0.15) is 98.3 Å². The van der Waals surface area contributed by atoms with Crippen molar-refractivity contribution in [2.45, 2.75) is 104 Å². The third kappa shape index (κ3) is 11.7. The number of nitrogens with one attached hydrogen (secondary N) is 1. The minimum Gasteiger partial charge on any atom is -0.464 e. The number of rotatable bonds is 17. The molecule has 1 N–H and O–H groups in total. The van der Waals surface area contributed by atoms with Gasteiger partial charge in [-0.05, 0) is 46.0 Å². The molecule has 168 valence electrons. The van der Waals surface area contributed by atoms with E-state index in [-0.39, 0.29) is 19.6 Å². The van der Waals surface area contributed by atoms with Crippen molar-refractivity contribution < 1.29 is 23.9 Å². The summed E-state index contributed by atoms with van der Waals surface area (Å²) in [6.07, 6.45) is 15.7. The molecule has 0 radical (unpaired) electrons. The maximum Gasteiger partial charge on any atom is 0.343 e. The van der Waals surface area contributed by atoms with Crippen LogP contribution in [0.4, 0.5) is 0 Å². The summed E-state index contributed by atoms with van der Waals surface area (Å²) in [5.41, 5.74) is -1.77. The summed E-state index contributed by atoms with van der Waals surface area (Å²) in [5.74, 6) is -2.00. The van der Waals surface area contributed by atoms with E-state index in [4.69, 9.17) is 9.47 Å². The van der Waals surface area contributed by atoms with Crippen LogP contribution < -0.4 is 5.32 Å². The van der Waals surface area contributed by atoms with Crippen molar-refractivity contribution in [2.75, 3.05) is 13.2 Å². The first kappa shape index (κ1) is 27.1. The Morgan fingerprint density at radius 1 is 0.759 bits per heavy atom. The summed E-state index contributed by atoms with van der Waals surface area (Å²) in [4.78, 5) is 36.6. The summed E-state index contributed by atoms with van der Waals surface area (Å²) in [6.45, 7) is 7.07. The summed E-state index contributed by atoms with van der Waals surface area (Å²) < 4.78 is 10.1. The van der Waals surface area contributed by atoms with Crippen molar-refractivity contribution >= 4 is 17.8 Å². The van der Waals surface area contributed by atoms with Crippen molar-refractivity contribution in [1.82, 2.24) is 5.32 Å². The van der Waals surface area contributed by atoms with Crippen LogP contribution in [-0.4, -0.2) is 36.6 Å². The van der Waals surface area contributed by atoms with E-state index in [0.29, 0.717) is 6.42 Å². The molecule has 0 atom stereocenters. The molecule has 0 saturated heterocycles. The van der Waals surface area contributed by atoms with E-state index in [1.54, 1.807) is 13.8 Å². The van der Waals surface area contributed by atoms with Crippen LogP contribution in [0.5, 0.6) is 0 Å². The first-order valence-corrected chi connectivity index (χ1v) is 11.2. The number of ether oxygens (including phenoxy) is 2. The number of hydrogen-bond donors (Lipinski definition) is 1. The predicted octanol–water partition coefficient (Wildman–Crippen LogP) is 4.85. The van der Waals surface area contributed by atoms with E-state index in [9.17, 15) is 14.4 Å². The quantitative estimate of drug-likeness (QED) is 0.160. The molecule has 0 bridgehead atoms. The lowest BCUT2D eigenvalue weighted by Gasteiger charge is -2.29. The number of allylic oxidation sites excluding steroid dienone is 2. The minimum absolute atomic E-state index is 0.123. The highest BCUT2D eigenvalue weighted by Gasteiger charge is 2.49. The van der Waals surface area contributed by atoms with Gasteiger partial charge in [0.1, 0.15) is 0 Å². The van der Waals surface area contributed by atoms with Gasteiger partial charge < -0.3 is 14.8 Å². The Morgan fingerprint density at radius 2 is 1.24 bits per heavy atom. The van der Waals surface area contributed by atoms with E-state index in [0.717, 1.165) is 12.8 Å². The number of esters is 2. The number of amides is 1. The zero-order chi connectivity index (χ0) is 22.0. The molecule has 0 aliphatic rings. The van der Waals surface area contributed by atoms with Crippen LogP contribution in [0.2, 0.25) is 0 Å². The average Bonchev–Trinajstić information content (AvgIpc) is 2.67. The first-order valence-electron chi connectivity index (χ1n) is 11.2. The lowest BCUT2D eigenvalue weighted by molar-refractivity contribution is -0.168. The Labute approximate surface area is 176 Å². The van der Waals surface area contributed by atoms with Crippen LogP contribution in [0, 0.1) is 0 Å². The molecule has 0 aromatic heterocycles. The van der Waals surface area contributed by atoms with Gasteiger partial charge in [0.25, 0.3) is 0 Å². The summed E-state index contributed by atoms with van der Waals surface area (Å²) in [5, 5.41) is 2.49. The fourth-order valence-electron chi connectivity index (χ4n) is 3.20. The fourth-order valence-corrected chi connectivity index (χ4v) is 3.20. The Hall–Kier alpha value is -1.85. The molecule has 0 aromatic carbocycles. The molecule has 1 amide bonds. The number of unbranched alkanes of at least 4 members (excludes halogenated alkanes) is 8. The minimum atomic E-state index is -1.77.